The Labute approximate surface area is 224 Å². The van der Waals surface area contributed by atoms with E-state index in [-0.39, 0.29) is 18.0 Å². The molecule has 0 fully saturated rings. The Balaban J connectivity index is 1.90. The number of hydrogen-bond acceptors (Lipinski definition) is 5. The van der Waals surface area contributed by atoms with Crippen LogP contribution in [0.2, 0.25) is 5.02 Å². The van der Waals surface area contributed by atoms with Crippen molar-refractivity contribution in [3.05, 3.63) is 87.4 Å². The van der Waals surface area contributed by atoms with Crippen molar-refractivity contribution in [3.63, 3.8) is 0 Å². The highest BCUT2D eigenvalue weighted by atomic mass is 35.5. The van der Waals surface area contributed by atoms with Crippen LogP contribution in [0, 0.1) is 20.8 Å². The highest BCUT2D eigenvalue weighted by molar-refractivity contribution is 7.89. The third-order valence-corrected chi connectivity index (χ3v) is 8.43. The lowest BCUT2D eigenvalue weighted by atomic mass is 10.1. The molecule has 1 N–H and O–H groups in total. The lowest BCUT2D eigenvalue weighted by molar-refractivity contribution is -0.122. The number of rotatable bonds is 10. The van der Waals surface area contributed by atoms with Crippen LogP contribution >= 0.6 is 11.6 Å². The molecule has 0 aliphatic rings. The molecule has 0 heterocycles. The van der Waals surface area contributed by atoms with Gasteiger partial charge in [0.15, 0.2) is 11.5 Å². The molecule has 7 nitrogen and oxygen atoms in total. The van der Waals surface area contributed by atoms with Gasteiger partial charge in [0.1, 0.15) is 0 Å². The number of methoxy groups -OCH3 is 2. The van der Waals surface area contributed by atoms with Crippen molar-refractivity contribution in [3.8, 4) is 11.5 Å². The van der Waals surface area contributed by atoms with Gasteiger partial charge >= 0.3 is 0 Å². The zero-order valence-electron chi connectivity index (χ0n) is 22.0. The fourth-order valence-electron chi connectivity index (χ4n) is 4.37. The van der Waals surface area contributed by atoms with E-state index in [9.17, 15) is 13.2 Å². The van der Waals surface area contributed by atoms with E-state index in [4.69, 9.17) is 21.1 Å². The quantitative estimate of drug-likeness (QED) is 0.372. The first-order chi connectivity index (χ1) is 17.5. The maximum Gasteiger partial charge on any atom is 0.244 e. The van der Waals surface area contributed by atoms with Gasteiger partial charge in [-0.3, -0.25) is 4.79 Å². The second-order valence-corrected chi connectivity index (χ2v) is 11.3. The Morgan fingerprint density at radius 2 is 1.54 bits per heavy atom. The molecule has 0 unspecified atom stereocenters. The first-order valence-corrected chi connectivity index (χ1v) is 13.6. The molecule has 0 aliphatic heterocycles. The summed E-state index contributed by atoms with van der Waals surface area (Å²) in [6.45, 7) is 6.95. The van der Waals surface area contributed by atoms with Gasteiger partial charge in [0.2, 0.25) is 15.9 Å². The third kappa shape index (κ3) is 6.83. The summed E-state index contributed by atoms with van der Waals surface area (Å²) < 4.78 is 39.6. The van der Waals surface area contributed by atoms with Crippen LogP contribution in [0.4, 0.5) is 0 Å². The van der Waals surface area contributed by atoms with Crippen LogP contribution in [0.3, 0.4) is 0 Å². The molecule has 0 saturated carbocycles. The van der Waals surface area contributed by atoms with E-state index in [2.05, 4.69) is 5.32 Å². The summed E-state index contributed by atoms with van der Waals surface area (Å²) in [6, 6.07) is 15.5. The van der Waals surface area contributed by atoms with Crippen molar-refractivity contribution in [1.29, 1.82) is 0 Å². The van der Waals surface area contributed by atoms with Gasteiger partial charge in [0.25, 0.3) is 0 Å². The van der Waals surface area contributed by atoms with Gasteiger partial charge in [-0.05, 0) is 74.2 Å². The zero-order valence-corrected chi connectivity index (χ0v) is 23.5. The standard InChI is InChI=1S/C28H33ClN2O5S/c1-18-13-19(2)28(20(3)14-18)37(33,34)31(16-22-7-10-24(29)11-8-22)17-27(32)30-21(4)23-9-12-25(35-5)26(15-23)36-6/h7-15,21H,16-17H2,1-6H3,(H,30,32)/t21-/m1/s1. The van der Waals surface area contributed by atoms with E-state index in [0.717, 1.165) is 16.7 Å². The average molecular weight is 545 g/mol. The predicted octanol–water partition coefficient (Wildman–Crippen LogP) is 5.35. The number of ether oxygens (including phenoxy) is 2. The summed E-state index contributed by atoms with van der Waals surface area (Å²) in [7, 11) is -0.907. The molecule has 198 valence electrons. The molecule has 0 spiro atoms. The van der Waals surface area contributed by atoms with Gasteiger partial charge in [-0.15, -0.1) is 0 Å². The summed E-state index contributed by atoms with van der Waals surface area (Å²) in [6.07, 6.45) is 0. The molecule has 9 heteroatoms. The summed E-state index contributed by atoms with van der Waals surface area (Å²) >= 11 is 6.02. The zero-order chi connectivity index (χ0) is 27.3. The maximum atomic E-state index is 13.9. The van der Waals surface area contributed by atoms with E-state index < -0.39 is 22.0 Å². The first-order valence-electron chi connectivity index (χ1n) is 11.8. The van der Waals surface area contributed by atoms with Crippen LogP contribution < -0.4 is 14.8 Å². The van der Waals surface area contributed by atoms with Crippen LogP contribution in [0.1, 0.15) is 40.8 Å². The van der Waals surface area contributed by atoms with Crippen molar-refractivity contribution >= 4 is 27.5 Å². The molecule has 0 aliphatic carbocycles. The number of amides is 1. The molecule has 0 saturated heterocycles. The molecule has 37 heavy (non-hydrogen) atoms. The Hall–Kier alpha value is -3.07. The van der Waals surface area contributed by atoms with Gasteiger partial charge in [0, 0.05) is 11.6 Å². The third-order valence-electron chi connectivity index (χ3n) is 6.08. The average Bonchev–Trinajstić information content (AvgIpc) is 2.83. The summed E-state index contributed by atoms with van der Waals surface area (Å²) in [5.41, 5.74) is 3.76. The van der Waals surface area contributed by atoms with Crippen molar-refractivity contribution in [2.45, 2.75) is 45.2 Å². The topological polar surface area (TPSA) is 84.9 Å². The molecule has 0 bridgehead atoms. The largest absolute Gasteiger partial charge is 0.493 e. The molecule has 3 rings (SSSR count). The minimum absolute atomic E-state index is 0.0183. The number of sulfonamides is 1. The predicted molar refractivity (Wildman–Crippen MR) is 146 cm³/mol. The van der Waals surface area contributed by atoms with Crippen molar-refractivity contribution in [1.82, 2.24) is 9.62 Å². The molecule has 0 radical (unpaired) electrons. The number of halogens is 1. The normalized spacial score (nSPS) is 12.3. The van der Waals surface area contributed by atoms with Crippen molar-refractivity contribution in [2.24, 2.45) is 0 Å². The minimum Gasteiger partial charge on any atom is -0.493 e. The van der Waals surface area contributed by atoms with Crippen LogP contribution in [0.25, 0.3) is 0 Å². The molecular formula is C28H33ClN2O5S. The van der Waals surface area contributed by atoms with E-state index >= 15 is 0 Å². The Kier molecular flexibility index (Phi) is 9.23. The summed E-state index contributed by atoms with van der Waals surface area (Å²) in [4.78, 5) is 13.4. The summed E-state index contributed by atoms with van der Waals surface area (Å²) in [5.74, 6) is 0.689. The van der Waals surface area contributed by atoms with E-state index in [1.165, 1.54) is 4.31 Å². The fraction of sp³-hybridized carbons (Fsp3) is 0.321. The smallest absolute Gasteiger partial charge is 0.244 e. The number of carbonyl (C=O) groups excluding carboxylic acids is 1. The van der Waals surface area contributed by atoms with Gasteiger partial charge in [-0.2, -0.15) is 4.31 Å². The van der Waals surface area contributed by atoms with Gasteiger partial charge in [-0.25, -0.2) is 8.42 Å². The lowest BCUT2D eigenvalue weighted by Gasteiger charge is -2.25. The number of hydrogen-bond donors (Lipinski definition) is 1. The van der Waals surface area contributed by atoms with Crippen molar-refractivity contribution in [2.75, 3.05) is 20.8 Å². The van der Waals surface area contributed by atoms with Crippen molar-refractivity contribution < 1.29 is 22.7 Å². The minimum atomic E-state index is -4.00. The van der Waals surface area contributed by atoms with Crippen LogP contribution in [-0.4, -0.2) is 39.4 Å². The molecule has 3 aromatic carbocycles. The monoisotopic (exact) mass is 544 g/mol. The van der Waals surface area contributed by atoms with Gasteiger partial charge < -0.3 is 14.8 Å². The Morgan fingerprint density at radius 3 is 2.11 bits per heavy atom. The SMILES string of the molecule is COc1ccc([C@@H](C)NC(=O)CN(Cc2ccc(Cl)cc2)S(=O)(=O)c2c(C)cc(C)cc2C)cc1OC. The number of nitrogens with zero attached hydrogens (tertiary/aromatic N) is 1. The lowest BCUT2D eigenvalue weighted by Crippen LogP contribution is -2.41. The first kappa shape index (κ1) is 28.5. The molecular weight excluding hydrogens is 512 g/mol. The fourth-order valence-corrected chi connectivity index (χ4v) is 6.30. The van der Waals surface area contributed by atoms with Gasteiger partial charge in [0.05, 0.1) is 31.7 Å². The number of nitrogens with one attached hydrogen (secondary N) is 1. The van der Waals surface area contributed by atoms with E-state index in [0.29, 0.717) is 27.6 Å². The Morgan fingerprint density at radius 1 is 0.946 bits per heavy atom. The van der Waals surface area contributed by atoms with E-state index in [1.807, 2.05) is 32.0 Å². The van der Waals surface area contributed by atoms with Crippen LogP contribution in [0.5, 0.6) is 11.5 Å². The maximum absolute atomic E-state index is 13.9. The van der Waals surface area contributed by atoms with Crippen LogP contribution in [-0.2, 0) is 21.4 Å². The molecule has 3 aromatic rings. The molecule has 0 aromatic heterocycles. The molecule has 1 atom stereocenters. The Bertz CT molecular complexity index is 1350. The summed E-state index contributed by atoms with van der Waals surface area (Å²) in [5, 5.41) is 3.46. The van der Waals surface area contributed by atoms with E-state index in [1.54, 1.807) is 64.5 Å². The second kappa shape index (κ2) is 12.0. The number of carbonyl (C=O) groups is 1. The van der Waals surface area contributed by atoms with Crippen LogP contribution in [0.15, 0.2) is 59.5 Å². The second-order valence-electron chi connectivity index (χ2n) is 9.03. The number of aryl methyl sites for hydroxylation is 3. The van der Waals surface area contributed by atoms with Gasteiger partial charge in [-0.1, -0.05) is 47.5 Å². The highest BCUT2D eigenvalue weighted by Gasteiger charge is 2.30. The number of benzene rings is 3. The highest BCUT2D eigenvalue weighted by Crippen LogP contribution is 2.30. The molecule has 1 amide bonds.